The fourth-order valence-corrected chi connectivity index (χ4v) is 2.16. The van der Waals surface area contributed by atoms with Crippen LogP contribution in [0.3, 0.4) is 0 Å². The quantitative estimate of drug-likeness (QED) is 0.729. The van der Waals surface area contributed by atoms with Crippen LogP contribution in [0.2, 0.25) is 0 Å². The van der Waals surface area contributed by atoms with E-state index >= 15 is 0 Å². The molecule has 0 saturated carbocycles. The van der Waals surface area contributed by atoms with Crippen molar-refractivity contribution in [3.8, 4) is 0 Å². The zero-order valence-corrected chi connectivity index (χ0v) is 11.7. The maximum absolute atomic E-state index is 4.18. The molecule has 0 atom stereocenters. The Morgan fingerprint density at radius 2 is 1.06 bits per heavy atom. The number of rotatable bonds is 2. The molecule has 0 bridgehead atoms. The molecule has 0 aliphatic heterocycles. The molecule has 0 N–H and O–H groups in total. The fourth-order valence-electron chi connectivity index (χ4n) is 2.16. The molecule has 1 rings (SSSR count). The Balaban J connectivity index is 3.58. The van der Waals surface area contributed by atoms with E-state index in [-0.39, 0.29) is 0 Å². The molecule has 0 amide bonds. The first-order valence-corrected chi connectivity index (χ1v) is 5.72. The zero-order chi connectivity index (χ0) is 12.6. The molecule has 0 aliphatic rings. The molecule has 16 heavy (non-hydrogen) atoms. The van der Waals surface area contributed by atoms with Gasteiger partial charge in [-0.3, -0.25) is 0 Å². The predicted octanol–water partition coefficient (Wildman–Crippen LogP) is 3.76. The first-order valence-electron chi connectivity index (χ1n) is 5.72. The summed E-state index contributed by atoms with van der Waals surface area (Å²) in [4.78, 5) is 2.09. The Morgan fingerprint density at radius 1 is 0.750 bits per heavy atom. The Morgan fingerprint density at radius 3 is 1.38 bits per heavy atom. The third kappa shape index (κ3) is 1.87. The molecule has 0 saturated heterocycles. The van der Waals surface area contributed by atoms with Crippen molar-refractivity contribution >= 4 is 5.70 Å². The van der Waals surface area contributed by atoms with Crippen molar-refractivity contribution in [3.05, 3.63) is 40.0 Å². The molecule has 1 heteroatoms. The Labute approximate surface area is 99.8 Å². The molecule has 1 nitrogen and oxygen atoms in total. The maximum atomic E-state index is 4.18. The molecule has 0 radical (unpaired) electrons. The standard InChI is InChI=1S/C15H23N/c1-9-10(2)12(4)15(13(5)11(9)3)14(6)16(7)8/h6H2,1-5,7-8H3. The molecular formula is C15H23N. The summed E-state index contributed by atoms with van der Waals surface area (Å²) >= 11 is 0. The predicted molar refractivity (Wildman–Crippen MR) is 72.8 cm³/mol. The van der Waals surface area contributed by atoms with E-state index in [1.807, 2.05) is 14.1 Å². The lowest BCUT2D eigenvalue weighted by Gasteiger charge is -2.24. The third-order valence-electron chi connectivity index (χ3n) is 3.83. The highest BCUT2D eigenvalue weighted by atomic mass is 15.1. The molecule has 0 spiro atoms. The van der Waals surface area contributed by atoms with Crippen molar-refractivity contribution < 1.29 is 0 Å². The number of hydrogen-bond acceptors (Lipinski definition) is 1. The van der Waals surface area contributed by atoms with Gasteiger partial charge in [-0.2, -0.15) is 0 Å². The van der Waals surface area contributed by atoms with E-state index in [1.165, 1.54) is 33.4 Å². The van der Waals surface area contributed by atoms with Gasteiger partial charge in [-0.05, 0) is 62.4 Å². The lowest BCUT2D eigenvalue weighted by molar-refractivity contribution is 0.592. The molecule has 0 aliphatic carbocycles. The van der Waals surface area contributed by atoms with Crippen LogP contribution in [-0.4, -0.2) is 19.0 Å². The summed E-state index contributed by atoms with van der Waals surface area (Å²) < 4.78 is 0. The molecule has 1 aromatic rings. The highest BCUT2D eigenvalue weighted by Crippen LogP contribution is 2.30. The van der Waals surface area contributed by atoms with Gasteiger partial charge in [-0.25, -0.2) is 0 Å². The molecular weight excluding hydrogens is 194 g/mol. The minimum absolute atomic E-state index is 1.10. The number of nitrogens with zero attached hydrogens (tertiary/aromatic N) is 1. The van der Waals surface area contributed by atoms with Crippen molar-refractivity contribution in [3.63, 3.8) is 0 Å². The van der Waals surface area contributed by atoms with Crippen LogP contribution in [0, 0.1) is 34.6 Å². The first-order chi connectivity index (χ1) is 7.29. The van der Waals surface area contributed by atoms with Crippen LogP contribution in [0.5, 0.6) is 0 Å². The Hall–Kier alpha value is -1.24. The summed E-state index contributed by atoms with van der Waals surface area (Å²) in [5.74, 6) is 0. The zero-order valence-electron chi connectivity index (χ0n) is 11.7. The largest absolute Gasteiger partial charge is 0.378 e. The van der Waals surface area contributed by atoms with Crippen LogP contribution in [-0.2, 0) is 0 Å². The molecule has 0 heterocycles. The van der Waals surface area contributed by atoms with Gasteiger partial charge >= 0.3 is 0 Å². The Bertz CT molecular complexity index is 410. The minimum atomic E-state index is 1.10. The van der Waals surface area contributed by atoms with Crippen molar-refractivity contribution in [2.75, 3.05) is 14.1 Å². The van der Waals surface area contributed by atoms with Crippen molar-refractivity contribution in [1.29, 1.82) is 0 Å². The van der Waals surface area contributed by atoms with Crippen LogP contribution in [0.25, 0.3) is 5.70 Å². The van der Waals surface area contributed by atoms with Gasteiger partial charge in [0.15, 0.2) is 0 Å². The van der Waals surface area contributed by atoms with Crippen LogP contribution in [0.1, 0.15) is 33.4 Å². The monoisotopic (exact) mass is 217 g/mol. The van der Waals surface area contributed by atoms with Crippen LogP contribution < -0.4 is 0 Å². The van der Waals surface area contributed by atoms with Gasteiger partial charge in [0.25, 0.3) is 0 Å². The molecule has 0 unspecified atom stereocenters. The number of hydrogen-bond donors (Lipinski definition) is 0. The lowest BCUT2D eigenvalue weighted by atomic mass is 9.88. The molecule has 1 aromatic carbocycles. The van der Waals surface area contributed by atoms with Gasteiger partial charge in [0.1, 0.15) is 0 Å². The van der Waals surface area contributed by atoms with Crippen LogP contribution >= 0.6 is 0 Å². The topological polar surface area (TPSA) is 3.24 Å². The average molecular weight is 217 g/mol. The summed E-state index contributed by atoms with van der Waals surface area (Å²) in [6.07, 6.45) is 0. The van der Waals surface area contributed by atoms with Crippen LogP contribution in [0.15, 0.2) is 6.58 Å². The summed E-state index contributed by atoms with van der Waals surface area (Å²) in [5, 5.41) is 0. The van der Waals surface area contributed by atoms with E-state index in [0.29, 0.717) is 0 Å². The van der Waals surface area contributed by atoms with E-state index in [0.717, 1.165) is 5.70 Å². The van der Waals surface area contributed by atoms with Gasteiger partial charge in [0.05, 0.1) is 0 Å². The van der Waals surface area contributed by atoms with Crippen molar-refractivity contribution in [1.82, 2.24) is 4.90 Å². The van der Waals surface area contributed by atoms with E-state index in [1.54, 1.807) is 0 Å². The molecule has 88 valence electrons. The summed E-state index contributed by atoms with van der Waals surface area (Å²) in [6.45, 7) is 15.2. The average Bonchev–Trinajstić information content (AvgIpc) is 2.23. The summed E-state index contributed by atoms with van der Waals surface area (Å²) in [5.41, 5.74) is 9.32. The smallest absolute Gasteiger partial charge is 0.0367 e. The van der Waals surface area contributed by atoms with E-state index in [9.17, 15) is 0 Å². The van der Waals surface area contributed by atoms with E-state index in [4.69, 9.17) is 0 Å². The summed E-state index contributed by atoms with van der Waals surface area (Å²) in [6, 6.07) is 0. The summed E-state index contributed by atoms with van der Waals surface area (Å²) in [7, 11) is 4.09. The fraction of sp³-hybridized carbons (Fsp3) is 0.467. The molecule has 0 aromatic heterocycles. The van der Waals surface area contributed by atoms with Gasteiger partial charge in [-0.15, -0.1) is 0 Å². The molecule has 0 fully saturated rings. The highest BCUT2D eigenvalue weighted by molar-refractivity contribution is 5.71. The second kappa shape index (κ2) is 4.32. The van der Waals surface area contributed by atoms with Gasteiger partial charge in [-0.1, -0.05) is 6.58 Å². The second-order valence-electron chi connectivity index (χ2n) is 4.84. The SMILES string of the molecule is C=C(c1c(C)c(C)c(C)c(C)c1C)N(C)C. The minimum Gasteiger partial charge on any atom is -0.378 e. The van der Waals surface area contributed by atoms with Crippen LogP contribution in [0.4, 0.5) is 0 Å². The van der Waals surface area contributed by atoms with Crippen molar-refractivity contribution in [2.45, 2.75) is 34.6 Å². The van der Waals surface area contributed by atoms with Gasteiger partial charge in [0.2, 0.25) is 0 Å². The maximum Gasteiger partial charge on any atom is 0.0367 e. The lowest BCUT2D eigenvalue weighted by Crippen LogP contribution is -2.13. The Kier molecular flexibility index (Phi) is 3.47. The third-order valence-corrected chi connectivity index (χ3v) is 3.83. The normalized spacial score (nSPS) is 10.4. The van der Waals surface area contributed by atoms with Gasteiger partial charge in [0, 0.05) is 25.4 Å². The second-order valence-corrected chi connectivity index (χ2v) is 4.84. The van der Waals surface area contributed by atoms with Crippen molar-refractivity contribution in [2.24, 2.45) is 0 Å². The van der Waals surface area contributed by atoms with Gasteiger partial charge < -0.3 is 4.90 Å². The first kappa shape index (κ1) is 12.8. The van der Waals surface area contributed by atoms with E-state index in [2.05, 4.69) is 46.1 Å². The number of benzene rings is 1. The highest BCUT2D eigenvalue weighted by Gasteiger charge is 2.14. The van der Waals surface area contributed by atoms with E-state index < -0.39 is 0 Å².